The molecule has 0 spiro atoms. The van der Waals surface area contributed by atoms with Gasteiger partial charge in [0.15, 0.2) is 0 Å². The van der Waals surface area contributed by atoms with Crippen LogP contribution in [0.3, 0.4) is 0 Å². The lowest BCUT2D eigenvalue weighted by atomic mass is 10.4. The maximum absolute atomic E-state index is 3.75. The molecule has 0 aliphatic carbocycles. The number of rotatable bonds is 2. The molecule has 9 heavy (non-hydrogen) atoms. The van der Waals surface area contributed by atoms with Crippen molar-refractivity contribution in [3.8, 4) is 0 Å². The summed E-state index contributed by atoms with van der Waals surface area (Å²) >= 11 is 0. The van der Waals surface area contributed by atoms with E-state index in [4.69, 9.17) is 0 Å². The first-order chi connectivity index (χ1) is 4.43. The summed E-state index contributed by atoms with van der Waals surface area (Å²) in [5, 5.41) is 3.32. The summed E-state index contributed by atoms with van der Waals surface area (Å²) < 4.78 is 2.53. The molecular weight excluding hydrogens is 128 g/mol. The summed E-state index contributed by atoms with van der Waals surface area (Å²) in [5.74, 6) is 0. The lowest BCUT2D eigenvalue weighted by molar-refractivity contribution is 0.378. The summed E-state index contributed by atoms with van der Waals surface area (Å²) in [5.41, 5.74) is 2.10. The van der Waals surface area contributed by atoms with E-state index in [1.54, 1.807) is 0 Å². The molecule has 1 aliphatic heterocycles. The predicted octanol–water partition coefficient (Wildman–Crippen LogP) is -0.881. The molecule has 0 aromatic rings. The summed E-state index contributed by atoms with van der Waals surface area (Å²) in [6, 6.07) is 0. The Bertz CT molecular complexity index is 89.1. The van der Waals surface area contributed by atoms with Crippen LogP contribution in [-0.4, -0.2) is 40.4 Å². The molecule has 1 aliphatic rings. The van der Waals surface area contributed by atoms with Crippen LogP contribution < -0.4 is 5.32 Å². The van der Waals surface area contributed by atoms with Crippen LogP contribution in [0.2, 0.25) is 0 Å². The average Bonchev–Trinajstić information content (AvgIpc) is 1.91. The molecular formula is C6H14N2Si. The molecule has 0 atom stereocenters. The highest BCUT2D eigenvalue weighted by molar-refractivity contribution is 6.38. The quantitative estimate of drug-likeness (QED) is 0.504. The molecule has 0 aromatic carbocycles. The minimum Gasteiger partial charge on any atom is -0.323 e. The van der Waals surface area contributed by atoms with Gasteiger partial charge in [-0.15, -0.1) is 6.58 Å². The van der Waals surface area contributed by atoms with Gasteiger partial charge in [0.05, 0.1) is 0 Å². The third-order valence-electron chi connectivity index (χ3n) is 1.60. The van der Waals surface area contributed by atoms with Crippen LogP contribution in [0.15, 0.2) is 12.3 Å². The van der Waals surface area contributed by atoms with Gasteiger partial charge >= 0.3 is 0 Å². The smallest absolute Gasteiger partial charge is 0.119 e. The normalized spacial score (nSPS) is 23.1. The van der Waals surface area contributed by atoms with Gasteiger partial charge in [0.2, 0.25) is 0 Å². The van der Waals surface area contributed by atoms with E-state index < -0.39 is 0 Å². The monoisotopic (exact) mass is 142 g/mol. The molecule has 0 amide bonds. The number of hydrogen-bond donors (Lipinski definition) is 1. The molecule has 0 saturated carbocycles. The van der Waals surface area contributed by atoms with Crippen LogP contribution in [0.25, 0.3) is 0 Å². The fraction of sp³-hybridized carbons (Fsp3) is 0.667. The molecule has 0 unspecified atom stereocenters. The molecule has 2 nitrogen and oxygen atoms in total. The summed E-state index contributed by atoms with van der Waals surface area (Å²) in [6.45, 7) is 8.56. The molecule has 0 aromatic heterocycles. The molecule has 1 N–H and O–H groups in total. The van der Waals surface area contributed by atoms with Gasteiger partial charge in [-0.25, -0.2) is 0 Å². The highest BCUT2D eigenvalue weighted by atomic mass is 28.2. The fourth-order valence-corrected chi connectivity index (χ4v) is 2.12. The first-order valence-corrected chi connectivity index (χ1v) is 4.92. The Labute approximate surface area is 58.8 Å². The molecule has 1 heterocycles. The van der Waals surface area contributed by atoms with Gasteiger partial charge in [-0.1, -0.05) is 5.70 Å². The van der Waals surface area contributed by atoms with E-state index in [0.717, 1.165) is 0 Å². The number of piperazine rings is 1. The Kier molecular flexibility index (Phi) is 2.97. The van der Waals surface area contributed by atoms with E-state index in [2.05, 4.69) is 22.2 Å². The first kappa shape index (κ1) is 6.99. The maximum atomic E-state index is 3.75. The second kappa shape index (κ2) is 3.82. The predicted molar refractivity (Wildman–Crippen MR) is 43.2 cm³/mol. The van der Waals surface area contributed by atoms with Crippen molar-refractivity contribution >= 4 is 9.68 Å². The fourth-order valence-electron chi connectivity index (χ4n) is 1.08. The Hall–Kier alpha value is -0.123. The van der Waals surface area contributed by atoms with Crippen LogP contribution >= 0.6 is 0 Å². The van der Waals surface area contributed by atoms with E-state index in [0.29, 0.717) is 0 Å². The third-order valence-corrected chi connectivity index (χ3v) is 3.00. The van der Waals surface area contributed by atoms with E-state index in [1.165, 1.54) is 26.2 Å². The van der Waals surface area contributed by atoms with Gasteiger partial charge in [0, 0.05) is 26.2 Å². The van der Waals surface area contributed by atoms with Crippen molar-refractivity contribution in [2.45, 2.75) is 0 Å². The van der Waals surface area contributed by atoms with Crippen molar-refractivity contribution in [3.63, 3.8) is 0 Å². The molecule has 1 saturated heterocycles. The van der Waals surface area contributed by atoms with Crippen LogP contribution in [0.4, 0.5) is 0 Å². The lowest BCUT2D eigenvalue weighted by Gasteiger charge is -2.25. The van der Waals surface area contributed by atoms with Gasteiger partial charge in [-0.05, 0) is 0 Å². The van der Waals surface area contributed by atoms with E-state index in [-0.39, 0.29) is 9.68 Å². The Balaban J connectivity index is 2.15. The minimum atomic E-state index is -0.0669. The molecule has 1 fully saturated rings. The van der Waals surface area contributed by atoms with E-state index >= 15 is 0 Å². The number of nitrogens with one attached hydrogen (secondary N) is 1. The minimum absolute atomic E-state index is 0.0669. The second-order valence-electron chi connectivity index (χ2n) is 2.34. The molecule has 52 valence electrons. The van der Waals surface area contributed by atoms with Gasteiger partial charge < -0.3 is 9.88 Å². The van der Waals surface area contributed by atoms with Gasteiger partial charge in [0.1, 0.15) is 9.68 Å². The first-order valence-electron chi connectivity index (χ1n) is 3.47. The van der Waals surface area contributed by atoms with Crippen molar-refractivity contribution in [3.05, 3.63) is 12.3 Å². The number of hydrogen-bond acceptors (Lipinski definition) is 2. The number of nitrogens with zero attached hydrogens (tertiary/aromatic N) is 1. The topological polar surface area (TPSA) is 15.3 Å². The maximum Gasteiger partial charge on any atom is 0.119 e. The van der Waals surface area contributed by atoms with Crippen molar-refractivity contribution in [2.75, 3.05) is 26.2 Å². The summed E-state index contributed by atoms with van der Waals surface area (Å²) in [6.07, 6.45) is 0. The Morgan fingerprint density at radius 2 is 2.11 bits per heavy atom. The molecule has 0 radical (unpaired) electrons. The average molecular weight is 142 g/mol. The van der Waals surface area contributed by atoms with Gasteiger partial charge in [-0.3, -0.25) is 0 Å². The van der Waals surface area contributed by atoms with E-state index in [9.17, 15) is 0 Å². The van der Waals surface area contributed by atoms with E-state index in [1.807, 2.05) is 0 Å². The largest absolute Gasteiger partial charge is 0.323 e. The van der Waals surface area contributed by atoms with Crippen LogP contribution in [0.1, 0.15) is 0 Å². The zero-order valence-electron chi connectivity index (χ0n) is 5.77. The molecule has 0 bridgehead atoms. The highest BCUT2D eigenvalue weighted by Gasteiger charge is 2.05. The second-order valence-corrected chi connectivity index (χ2v) is 4.18. The van der Waals surface area contributed by atoms with Gasteiger partial charge in [-0.2, -0.15) is 0 Å². The summed E-state index contributed by atoms with van der Waals surface area (Å²) in [7, 11) is -0.0669. The Morgan fingerprint density at radius 1 is 1.44 bits per heavy atom. The lowest BCUT2D eigenvalue weighted by Crippen LogP contribution is -2.44. The Morgan fingerprint density at radius 3 is 2.67 bits per heavy atom. The standard InChI is InChI=1S/C6H14N2Si/c1-2-9-8-5-3-7-4-6-8/h2,7H,1,3-6,9H2. The van der Waals surface area contributed by atoms with Crippen molar-refractivity contribution in [1.29, 1.82) is 0 Å². The molecule has 1 rings (SSSR count). The van der Waals surface area contributed by atoms with Crippen LogP contribution in [0, 0.1) is 0 Å². The van der Waals surface area contributed by atoms with Crippen molar-refractivity contribution < 1.29 is 0 Å². The van der Waals surface area contributed by atoms with Crippen molar-refractivity contribution in [2.24, 2.45) is 0 Å². The zero-order valence-corrected chi connectivity index (χ0v) is 7.18. The zero-order chi connectivity index (χ0) is 6.53. The van der Waals surface area contributed by atoms with Gasteiger partial charge in [0.25, 0.3) is 0 Å². The van der Waals surface area contributed by atoms with Crippen LogP contribution in [0.5, 0.6) is 0 Å². The highest BCUT2D eigenvalue weighted by Crippen LogP contribution is 1.87. The van der Waals surface area contributed by atoms with Crippen LogP contribution in [-0.2, 0) is 0 Å². The SMILES string of the molecule is C=C[SiH2]N1CCNCC1. The summed E-state index contributed by atoms with van der Waals surface area (Å²) in [4.78, 5) is 0. The van der Waals surface area contributed by atoms with Crippen molar-refractivity contribution in [1.82, 2.24) is 9.88 Å². The third kappa shape index (κ3) is 2.30. The molecule has 3 heteroatoms.